The number of nitro benzene ring substituents is 1. The standard InChI is InChI=1S/C27H35N5O5S/c1-19(2)14-15-30(38(36,37)23-12-10-21(11-13-23)32(34)35)18-26(33)28-25-17-24(27(4,5)6)29-31(25)22-9-7-8-20(3)16-22/h7-13,16-17,19H,14-15,18H2,1-6H3,(H,28,33). The van der Waals surface area contributed by atoms with Crippen LogP contribution < -0.4 is 5.32 Å². The Morgan fingerprint density at radius 2 is 1.79 bits per heavy atom. The highest BCUT2D eigenvalue weighted by Crippen LogP contribution is 2.27. The normalized spacial score (nSPS) is 12.2. The van der Waals surface area contributed by atoms with Crippen LogP contribution in [-0.2, 0) is 20.2 Å². The maximum absolute atomic E-state index is 13.4. The summed E-state index contributed by atoms with van der Waals surface area (Å²) < 4.78 is 29.6. The minimum atomic E-state index is -4.09. The summed E-state index contributed by atoms with van der Waals surface area (Å²) in [5, 5.41) is 18.6. The van der Waals surface area contributed by atoms with E-state index in [4.69, 9.17) is 5.10 Å². The molecule has 3 rings (SSSR count). The van der Waals surface area contributed by atoms with Gasteiger partial charge in [-0.3, -0.25) is 14.9 Å². The van der Waals surface area contributed by atoms with Crippen molar-refractivity contribution in [1.82, 2.24) is 14.1 Å². The van der Waals surface area contributed by atoms with E-state index >= 15 is 0 Å². The molecule has 0 atom stereocenters. The lowest BCUT2D eigenvalue weighted by Gasteiger charge is -2.22. The summed E-state index contributed by atoms with van der Waals surface area (Å²) in [7, 11) is -4.09. The molecule has 0 unspecified atom stereocenters. The summed E-state index contributed by atoms with van der Waals surface area (Å²) in [5.41, 5.74) is 2.07. The minimum absolute atomic E-state index is 0.112. The van der Waals surface area contributed by atoms with E-state index in [9.17, 15) is 23.3 Å². The molecule has 0 saturated heterocycles. The van der Waals surface area contributed by atoms with Crippen molar-refractivity contribution in [2.75, 3.05) is 18.4 Å². The Labute approximate surface area is 223 Å². The second-order valence-corrected chi connectivity index (χ2v) is 12.7. The number of carbonyl (C=O) groups is 1. The van der Waals surface area contributed by atoms with Gasteiger partial charge in [0.15, 0.2) is 0 Å². The van der Waals surface area contributed by atoms with Crippen LogP contribution in [0.2, 0.25) is 0 Å². The number of aromatic nitrogens is 2. The zero-order valence-corrected chi connectivity index (χ0v) is 23.4. The Balaban J connectivity index is 1.92. The molecule has 0 aliphatic heterocycles. The lowest BCUT2D eigenvalue weighted by molar-refractivity contribution is -0.384. The minimum Gasteiger partial charge on any atom is -0.309 e. The van der Waals surface area contributed by atoms with Crippen molar-refractivity contribution in [3.05, 3.63) is 76.0 Å². The fraction of sp³-hybridized carbons (Fsp3) is 0.407. The second kappa shape index (κ2) is 11.4. The molecule has 1 heterocycles. The van der Waals surface area contributed by atoms with Crippen molar-refractivity contribution < 1.29 is 18.1 Å². The fourth-order valence-corrected chi connectivity index (χ4v) is 5.12. The number of nitrogens with zero attached hydrogens (tertiary/aromatic N) is 4. The molecule has 0 radical (unpaired) electrons. The van der Waals surface area contributed by atoms with Gasteiger partial charge >= 0.3 is 0 Å². The quantitative estimate of drug-likeness (QED) is 0.282. The predicted octanol–water partition coefficient (Wildman–Crippen LogP) is 5.06. The van der Waals surface area contributed by atoms with E-state index < -0.39 is 27.4 Å². The van der Waals surface area contributed by atoms with Gasteiger partial charge in [-0.05, 0) is 49.1 Å². The van der Waals surface area contributed by atoms with E-state index in [-0.39, 0.29) is 28.5 Å². The first kappa shape index (κ1) is 29.0. The Kier molecular flexibility index (Phi) is 8.73. The van der Waals surface area contributed by atoms with Crippen molar-refractivity contribution in [3.63, 3.8) is 0 Å². The number of rotatable bonds is 10. The van der Waals surface area contributed by atoms with Crippen LogP contribution in [0.25, 0.3) is 5.69 Å². The third-order valence-corrected chi connectivity index (χ3v) is 7.81. The highest BCUT2D eigenvalue weighted by molar-refractivity contribution is 7.89. The molecule has 3 aromatic rings. The molecule has 11 heteroatoms. The summed E-state index contributed by atoms with van der Waals surface area (Å²) in [5.74, 6) is 0.111. The lowest BCUT2D eigenvalue weighted by Crippen LogP contribution is -2.39. The number of aryl methyl sites for hydroxylation is 1. The van der Waals surface area contributed by atoms with Gasteiger partial charge in [0.25, 0.3) is 5.69 Å². The van der Waals surface area contributed by atoms with Crippen LogP contribution in [0.5, 0.6) is 0 Å². The van der Waals surface area contributed by atoms with Crippen LogP contribution in [0.1, 0.15) is 52.3 Å². The molecule has 1 amide bonds. The number of hydrogen-bond donors (Lipinski definition) is 1. The molecule has 204 valence electrons. The topological polar surface area (TPSA) is 127 Å². The molecule has 0 saturated carbocycles. The van der Waals surface area contributed by atoms with E-state index in [0.717, 1.165) is 33.4 Å². The van der Waals surface area contributed by atoms with Crippen LogP contribution in [0.3, 0.4) is 0 Å². The summed E-state index contributed by atoms with van der Waals surface area (Å²) in [6.45, 7) is 11.6. The first-order chi connectivity index (χ1) is 17.7. The smallest absolute Gasteiger partial charge is 0.269 e. The Bertz CT molecular complexity index is 1410. The van der Waals surface area contributed by atoms with E-state index in [1.54, 1.807) is 10.7 Å². The molecular weight excluding hydrogens is 506 g/mol. The van der Waals surface area contributed by atoms with Crippen molar-refractivity contribution in [1.29, 1.82) is 0 Å². The van der Waals surface area contributed by atoms with Crippen LogP contribution in [-0.4, -0.2) is 46.4 Å². The van der Waals surface area contributed by atoms with E-state index in [0.29, 0.717) is 12.2 Å². The van der Waals surface area contributed by atoms with E-state index in [1.807, 2.05) is 65.8 Å². The van der Waals surface area contributed by atoms with Gasteiger partial charge < -0.3 is 5.32 Å². The zero-order valence-electron chi connectivity index (χ0n) is 22.6. The number of hydrogen-bond acceptors (Lipinski definition) is 6. The van der Waals surface area contributed by atoms with Gasteiger partial charge in [0, 0.05) is 30.2 Å². The maximum atomic E-state index is 13.4. The molecule has 0 spiro atoms. The largest absolute Gasteiger partial charge is 0.309 e. The SMILES string of the molecule is Cc1cccc(-n2nc(C(C)(C)C)cc2NC(=O)CN(CCC(C)C)S(=O)(=O)c2ccc([N+](=O)[O-])cc2)c1. The average Bonchev–Trinajstić information content (AvgIpc) is 3.26. The summed E-state index contributed by atoms with van der Waals surface area (Å²) >= 11 is 0. The van der Waals surface area contributed by atoms with Crippen LogP contribution >= 0.6 is 0 Å². The number of amides is 1. The number of sulfonamides is 1. The van der Waals surface area contributed by atoms with Crippen molar-refractivity contribution in [2.24, 2.45) is 5.92 Å². The highest BCUT2D eigenvalue weighted by Gasteiger charge is 2.28. The molecular formula is C27H35N5O5S. The number of non-ortho nitro benzene ring substituents is 1. The van der Waals surface area contributed by atoms with E-state index in [2.05, 4.69) is 5.32 Å². The maximum Gasteiger partial charge on any atom is 0.269 e. The van der Waals surface area contributed by atoms with Gasteiger partial charge in [-0.2, -0.15) is 9.40 Å². The molecule has 0 fully saturated rings. The van der Waals surface area contributed by atoms with Crippen LogP contribution in [0, 0.1) is 23.0 Å². The number of benzene rings is 2. The van der Waals surface area contributed by atoms with Gasteiger partial charge in [-0.15, -0.1) is 0 Å². The molecule has 0 aliphatic carbocycles. The number of nitro groups is 1. The Hall–Kier alpha value is -3.57. The highest BCUT2D eigenvalue weighted by atomic mass is 32.2. The molecule has 0 aliphatic rings. The molecule has 1 aromatic heterocycles. The number of anilines is 1. The predicted molar refractivity (Wildman–Crippen MR) is 147 cm³/mol. The molecule has 38 heavy (non-hydrogen) atoms. The first-order valence-corrected chi connectivity index (χ1v) is 13.8. The van der Waals surface area contributed by atoms with Crippen LogP contribution in [0.15, 0.2) is 59.5 Å². The second-order valence-electron chi connectivity index (χ2n) is 10.7. The Morgan fingerprint density at radius 1 is 1.13 bits per heavy atom. The van der Waals surface area contributed by atoms with Gasteiger partial charge in [-0.25, -0.2) is 13.1 Å². The molecule has 1 N–H and O–H groups in total. The zero-order chi connectivity index (χ0) is 28.3. The van der Waals surface area contributed by atoms with Gasteiger partial charge in [0.1, 0.15) is 5.82 Å². The molecule has 10 nitrogen and oxygen atoms in total. The third kappa shape index (κ3) is 7.05. The summed E-state index contributed by atoms with van der Waals surface area (Å²) in [6.07, 6.45) is 0.537. The number of nitrogens with one attached hydrogen (secondary N) is 1. The summed E-state index contributed by atoms with van der Waals surface area (Å²) in [4.78, 5) is 23.5. The molecule has 0 bridgehead atoms. The van der Waals surface area contributed by atoms with Crippen LogP contribution in [0.4, 0.5) is 11.5 Å². The third-order valence-electron chi connectivity index (χ3n) is 5.95. The van der Waals surface area contributed by atoms with Gasteiger partial charge in [-0.1, -0.05) is 46.8 Å². The lowest BCUT2D eigenvalue weighted by atomic mass is 9.92. The first-order valence-electron chi connectivity index (χ1n) is 12.4. The summed E-state index contributed by atoms with van der Waals surface area (Å²) in [6, 6.07) is 14.2. The van der Waals surface area contributed by atoms with Gasteiger partial charge in [0.2, 0.25) is 15.9 Å². The Morgan fingerprint density at radius 3 is 2.34 bits per heavy atom. The van der Waals surface area contributed by atoms with Crippen molar-refractivity contribution in [2.45, 2.75) is 58.3 Å². The van der Waals surface area contributed by atoms with E-state index in [1.165, 1.54) is 12.1 Å². The fourth-order valence-electron chi connectivity index (χ4n) is 3.71. The average molecular weight is 542 g/mol. The number of carbonyl (C=O) groups excluding carboxylic acids is 1. The monoisotopic (exact) mass is 541 g/mol. The molecule has 2 aromatic carbocycles. The van der Waals surface area contributed by atoms with Crippen molar-refractivity contribution in [3.8, 4) is 5.69 Å². The van der Waals surface area contributed by atoms with Gasteiger partial charge in [0.05, 0.1) is 27.7 Å². The van der Waals surface area contributed by atoms with Crippen molar-refractivity contribution >= 4 is 27.4 Å².